The molecular formula is C26H33ClN2O3. The standard InChI is InChI=1S/C26H33ClN2O3/c1-19-9-13-21(14-10-19)25(26(31)28-22-7-5-3-4-6-8-22)29(24(30)17-27)18-20-11-15-23(32-2)16-12-20/h9-16,22,25H,3-8,17-18H2,1-2H3,(H,28,31)/t25-/m1/s1. The van der Waals surface area contributed by atoms with Crippen LogP contribution in [0.2, 0.25) is 0 Å². The van der Waals surface area contributed by atoms with Crippen molar-refractivity contribution >= 4 is 23.4 Å². The first-order chi connectivity index (χ1) is 15.5. The first kappa shape index (κ1) is 24.1. The molecule has 2 aromatic rings. The van der Waals surface area contributed by atoms with Gasteiger partial charge in [0.2, 0.25) is 11.8 Å². The number of carbonyl (C=O) groups is 2. The molecule has 2 amide bonds. The number of hydrogen-bond acceptors (Lipinski definition) is 3. The van der Waals surface area contributed by atoms with Crippen LogP contribution in [0, 0.1) is 6.92 Å². The van der Waals surface area contributed by atoms with Gasteiger partial charge in [-0.15, -0.1) is 11.6 Å². The zero-order valence-corrected chi connectivity index (χ0v) is 19.7. The summed E-state index contributed by atoms with van der Waals surface area (Å²) in [6, 6.07) is 14.7. The Hall–Kier alpha value is -2.53. The zero-order chi connectivity index (χ0) is 22.9. The van der Waals surface area contributed by atoms with Crippen LogP contribution < -0.4 is 10.1 Å². The van der Waals surface area contributed by atoms with Crippen molar-refractivity contribution in [2.24, 2.45) is 0 Å². The zero-order valence-electron chi connectivity index (χ0n) is 19.0. The van der Waals surface area contributed by atoms with E-state index in [0.717, 1.165) is 48.1 Å². The molecule has 1 N–H and O–H groups in total. The van der Waals surface area contributed by atoms with E-state index in [9.17, 15) is 9.59 Å². The summed E-state index contributed by atoms with van der Waals surface area (Å²) in [4.78, 5) is 28.1. The Kier molecular flexibility index (Phi) is 8.98. The number of halogens is 1. The molecule has 1 aliphatic carbocycles. The van der Waals surface area contributed by atoms with Gasteiger partial charge in [0.1, 0.15) is 17.7 Å². The highest BCUT2D eigenvalue weighted by Gasteiger charge is 2.32. The number of rotatable bonds is 8. The normalized spacial score (nSPS) is 15.5. The molecule has 32 heavy (non-hydrogen) atoms. The Bertz CT molecular complexity index is 875. The van der Waals surface area contributed by atoms with Crippen LogP contribution in [0.15, 0.2) is 48.5 Å². The number of methoxy groups -OCH3 is 1. The fourth-order valence-corrected chi connectivity index (χ4v) is 4.41. The number of alkyl halides is 1. The van der Waals surface area contributed by atoms with E-state index in [0.29, 0.717) is 0 Å². The molecule has 0 heterocycles. The Morgan fingerprint density at radius 3 is 2.22 bits per heavy atom. The van der Waals surface area contributed by atoms with Gasteiger partial charge in [-0.05, 0) is 43.0 Å². The number of ether oxygens (including phenoxy) is 1. The predicted octanol–water partition coefficient (Wildman–Crippen LogP) is 5.15. The van der Waals surface area contributed by atoms with Crippen molar-refractivity contribution in [3.63, 3.8) is 0 Å². The van der Waals surface area contributed by atoms with E-state index in [4.69, 9.17) is 16.3 Å². The van der Waals surface area contributed by atoms with E-state index < -0.39 is 6.04 Å². The van der Waals surface area contributed by atoms with Crippen molar-refractivity contribution in [1.29, 1.82) is 0 Å². The second-order valence-corrected chi connectivity index (χ2v) is 8.78. The molecule has 0 bridgehead atoms. The summed E-state index contributed by atoms with van der Waals surface area (Å²) in [5.74, 6) is 0.136. The summed E-state index contributed by atoms with van der Waals surface area (Å²) in [7, 11) is 1.61. The molecule has 1 aliphatic rings. The van der Waals surface area contributed by atoms with Gasteiger partial charge in [-0.1, -0.05) is 67.6 Å². The molecule has 1 saturated carbocycles. The molecule has 6 heteroatoms. The lowest BCUT2D eigenvalue weighted by molar-refractivity contribution is -0.140. The van der Waals surface area contributed by atoms with Gasteiger partial charge < -0.3 is 15.0 Å². The molecule has 5 nitrogen and oxygen atoms in total. The van der Waals surface area contributed by atoms with Gasteiger partial charge in [0.15, 0.2) is 0 Å². The largest absolute Gasteiger partial charge is 0.497 e. The lowest BCUT2D eigenvalue weighted by atomic mass is 10.0. The third kappa shape index (κ3) is 6.49. The smallest absolute Gasteiger partial charge is 0.247 e. The second kappa shape index (κ2) is 11.9. The highest BCUT2D eigenvalue weighted by molar-refractivity contribution is 6.27. The van der Waals surface area contributed by atoms with Gasteiger partial charge in [0, 0.05) is 12.6 Å². The predicted molar refractivity (Wildman–Crippen MR) is 128 cm³/mol. The molecular weight excluding hydrogens is 424 g/mol. The van der Waals surface area contributed by atoms with Crippen LogP contribution in [0.3, 0.4) is 0 Å². The Morgan fingerprint density at radius 2 is 1.66 bits per heavy atom. The minimum Gasteiger partial charge on any atom is -0.497 e. The van der Waals surface area contributed by atoms with Crippen molar-refractivity contribution in [3.8, 4) is 5.75 Å². The summed E-state index contributed by atoms with van der Waals surface area (Å²) in [6.45, 7) is 2.29. The summed E-state index contributed by atoms with van der Waals surface area (Å²) in [5, 5.41) is 3.24. The average Bonchev–Trinajstić information content (AvgIpc) is 3.08. The third-order valence-corrected chi connectivity index (χ3v) is 6.33. The lowest BCUT2D eigenvalue weighted by Gasteiger charge is -2.32. The summed E-state index contributed by atoms with van der Waals surface area (Å²) in [5.41, 5.74) is 2.79. The quantitative estimate of drug-likeness (QED) is 0.441. The number of nitrogens with one attached hydrogen (secondary N) is 1. The van der Waals surface area contributed by atoms with Gasteiger partial charge in [-0.3, -0.25) is 9.59 Å². The maximum absolute atomic E-state index is 13.6. The fraction of sp³-hybridized carbons (Fsp3) is 0.462. The summed E-state index contributed by atoms with van der Waals surface area (Å²) >= 11 is 5.99. The van der Waals surface area contributed by atoms with Crippen LogP contribution in [0.1, 0.15) is 61.3 Å². The maximum atomic E-state index is 13.6. The monoisotopic (exact) mass is 456 g/mol. The third-order valence-electron chi connectivity index (χ3n) is 6.10. The Morgan fingerprint density at radius 1 is 1.03 bits per heavy atom. The number of carbonyl (C=O) groups excluding carboxylic acids is 2. The number of nitrogens with zero attached hydrogens (tertiary/aromatic N) is 1. The maximum Gasteiger partial charge on any atom is 0.247 e. The molecule has 1 atom stereocenters. The van der Waals surface area contributed by atoms with E-state index in [1.165, 1.54) is 12.8 Å². The molecule has 172 valence electrons. The number of amides is 2. The van der Waals surface area contributed by atoms with Crippen molar-refractivity contribution in [1.82, 2.24) is 10.2 Å². The van der Waals surface area contributed by atoms with Crippen molar-refractivity contribution in [2.75, 3.05) is 13.0 Å². The van der Waals surface area contributed by atoms with E-state index >= 15 is 0 Å². The average molecular weight is 457 g/mol. The van der Waals surface area contributed by atoms with Gasteiger partial charge in [-0.25, -0.2) is 0 Å². The van der Waals surface area contributed by atoms with Crippen molar-refractivity contribution < 1.29 is 14.3 Å². The molecule has 1 fully saturated rings. The van der Waals surface area contributed by atoms with Crippen LogP contribution in [0.25, 0.3) is 0 Å². The summed E-state index contributed by atoms with van der Waals surface area (Å²) < 4.78 is 5.24. The van der Waals surface area contributed by atoms with Crippen LogP contribution in [0.5, 0.6) is 5.75 Å². The van der Waals surface area contributed by atoms with Crippen LogP contribution in [-0.4, -0.2) is 35.7 Å². The minimum atomic E-state index is -0.743. The Labute approximate surface area is 196 Å². The molecule has 0 aliphatic heterocycles. The second-order valence-electron chi connectivity index (χ2n) is 8.51. The topological polar surface area (TPSA) is 58.6 Å². The van der Waals surface area contributed by atoms with Crippen LogP contribution in [-0.2, 0) is 16.1 Å². The summed E-state index contributed by atoms with van der Waals surface area (Å²) in [6.07, 6.45) is 6.62. The minimum absolute atomic E-state index is 0.145. The van der Waals surface area contributed by atoms with Crippen LogP contribution >= 0.6 is 11.6 Å². The Balaban J connectivity index is 1.91. The highest BCUT2D eigenvalue weighted by Crippen LogP contribution is 2.27. The van der Waals surface area contributed by atoms with E-state index in [1.54, 1.807) is 12.0 Å². The van der Waals surface area contributed by atoms with Crippen molar-refractivity contribution in [3.05, 3.63) is 65.2 Å². The van der Waals surface area contributed by atoms with E-state index in [2.05, 4.69) is 5.32 Å². The number of benzene rings is 2. The molecule has 3 rings (SSSR count). The molecule has 2 aromatic carbocycles. The molecule has 0 spiro atoms. The number of aryl methyl sites for hydroxylation is 1. The molecule has 0 saturated heterocycles. The van der Waals surface area contributed by atoms with Gasteiger partial charge >= 0.3 is 0 Å². The first-order valence-electron chi connectivity index (χ1n) is 11.4. The van der Waals surface area contributed by atoms with E-state index in [-0.39, 0.29) is 30.3 Å². The molecule has 0 radical (unpaired) electrons. The lowest BCUT2D eigenvalue weighted by Crippen LogP contribution is -2.46. The van der Waals surface area contributed by atoms with Gasteiger partial charge in [-0.2, -0.15) is 0 Å². The molecule has 0 aromatic heterocycles. The van der Waals surface area contributed by atoms with Crippen molar-refractivity contribution in [2.45, 2.75) is 64.1 Å². The van der Waals surface area contributed by atoms with Gasteiger partial charge in [0.05, 0.1) is 7.11 Å². The van der Waals surface area contributed by atoms with Gasteiger partial charge in [0.25, 0.3) is 0 Å². The highest BCUT2D eigenvalue weighted by atomic mass is 35.5. The fourth-order valence-electron chi connectivity index (χ4n) is 4.25. The van der Waals surface area contributed by atoms with Crippen LogP contribution in [0.4, 0.5) is 0 Å². The molecule has 0 unspecified atom stereocenters. The van der Waals surface area contributed by atoms with E-state index in [1.807, 2.05) is 55.5 Å². The first-order valence-corrected chi connectivity index (χ1v) is 11.9. The number of hydrogen-bond donors (Lipinski definition) is 1. The SMILES string of the molecule is COc1ccc(CN(C(=O)CCl)[C@@H](C(=O)NC2CCCCCC2)c2ccc(C)cc2)cc1.